The number of carbonyl (C=O) groups is 2. The van der Waals surface area contributed by atoms with Gasteiger partial charge in [0.15, 0.2) is 11.5 Å². The number of aliphatic hydroxyl groups excluding tert-OH is 1. The van der Waals surface area contributed by atoms with Crippen LogP contribution >= 0.6 is 0 Å². The summed E-state index contributed by atoms with van der Waals surface area (Å²) in [5.41, 5.74) is 0.0750. The molecular weight excluding hydrogens is 510 g/mol. The van der Waals surface area contributed by atoms with Gasteiger partial charge in [-0.3, -0.25) is 4.79 Å². The van der Waals surface area contributed by atoms with E-state index < -0.39 is 17.8 Å². The summed E-state index contributed by atoms with van der Waals surface area (Å²) >= 11 is 0. The topological polar surface area (TPSA) is 103 Å². The number of alkyl carbamates (subject to hydrolysis) is 1. The van der Waals surface area contributed by atoms with Gasteiger partial charge in [0.2, 0.25) is 0 Å². The number of hydrogen-bond donors (Lipinski definition) is 2. The lowest BCUT2D eigenvalue weighted by molar-refractivity contribution is -0.122. The summed E-state index contributed by atoms with van der Waals surface area (Å²) in [6.45, 7) is 18.5. The Morgan fingerprint density at radius 1 is 0.950 bits per heavy atom. The molecule has 0 fully saturated rings. The van der Waals surface area contributed by atoms with Gasteiger partial charge in [-0.2, -0.15) is 0 Å². The van der Waals surface area contributed by atoms with Gasteiger partial charge in [0.25, 0.3) is 0 Å². The summed E-state index contributed by atoms with van der Waals surface area (Å²) in [6.07, 6.45) is 0.570. The zero-order valence-corrected chi connectivity index (χ0v) is 26.7. The second-order valence-corrected chi connectivity index (χ2v) is 12.6. The molecule has 8 nitrogen and oxygen atoms in total. The van der Waals surface area contributed by atoms with E-state index in [1.165, 1.54) is 0 Å². The summed E-state index contributed by atoms with van der Waals surface area (Å²) in [5, 5.41) is 14.7. The largest absolute Gasteiger partial charge is 0.493 e. The summed E-state index contributed by atoms with van der Waals surface area (Å²) in [5.74, 6) is 1.28. The third kappa shape index (κ3) is 12.0. The van der Waals surface area contributed by atoms with Crippen molar-refractivity contribution in [2.75, 3.05) is 27.4 Å². The number of ether oxygens (including phenoxy) is 4. The number of amides is 1. The monoisotopic (exact) mass is 565 g/mol. The fourth-order valence-corrected chi connectivity index (χ4v) is 5.05. The van der Waals surface area contributed by atoms with E-state index in [9.17, 15) is 14.7 Å². The summed E-state index contributed by atoms with van der Waals surface area (Å²) in [7, 11) is 3.24. The lowest BCUT2D eigenvalue weighted by atomic mass is 9.76. The number of rotatable bonds is 17. The summed E-state index contributed by atoms with van der Waals surface area (Å²) in [4.78, 5) is 25.3. The van der Waals surface area contributed by atoms with Crippen molar-refractivity contribution in [3.63, 3.8) is 0 Å². The molecule has 2 N–H and O–H groups in total. The van der Waals surface area contributed by atoms with Crippen LogP contribution in [0.2, 0.25) is 0 Å². The Labute approximate surface area is 242 Å². The molecular formula is C32H55NO7. The molecule has 5 atom stereocenters. The van der Waals surface area contributed by atoms with Gasteiger partial charge in [0, 0.05) is 32.1 Å². The van der Waals surface area contributed by atoms with Gasteiger partial charge in [0.1, 0.15) is 11.4 Å². The minimum absolute atomic E-state index is 0.0205. The molecule has 0 aliphatic carbocycles. The minimum atomic E-state index is -0.809. The predicted octanol–water partition coefficient (Wildman–Crippen LogP) is 6.59. The molecule has 1 unspecified atom stereocenters. The number of methoxy groups -OCH3 is 2. The van der Waals surface area contributed by atoms with Crippen LogP contribution in [-0.2, 0) is 14.3 Å². The van der Waals surface area contributed by atoms with Crippen molar-refractivity contribution in [2.45, 2.75) is 99.3 Å². The number of hydrogen-bond acceptors (Lipinski definition) is 7. The van der Waals surface area contributed by atoms with Crippen molar-refractivity contribution in [1.82, 2.24) is 5.32 Å². The van der Waals surface area contributed by atoms with E-state index in [2.05, 4.69) is 26.1 Å². The van der Waals surface area contributed by atoms with Crippen molar-refractivity contribution >= 4 is 11.9 Å². The molecule has 0 aliphatic rings. The Balaban J connectivity index is 3.29. The van der Waals surface area contributed by atoms with E-state index in [4.69, 9.17) is 18.9 Å². The van der Waals surface area contributed by atoms with Crippen LogP contribution in [0, 0.1) is 29.6 Å². The Hall–Kier alpha value is -2.32. The molecule has 8 heteroatoms. The summed E-state index contributed by atoms with van der Waals surface area (Å²) < 4.78 is 22.1. The number of benzene rings is 1. The third-order valence-electron chi connectivity index (χ3n) is 7.41. The second-order valence-electron chi connectivity index (χ2n) is 12.6. The average molecular weight is 566 g/mol. The Bertz CT molecular complexity index is 909. The van der Waals surface area contributed by atoms with Gasteiger partial charge < -0.3 is 29.4 Å². The fraction of sp³-hybridized carbons (Fsp3) is 0.750. The number of aliphatic hydroxyl groups is 1. The average Bonchev–Trinajstić information content (AvgIpc) is 2.85. The Morgan fingerprint density at radius 2 is 1.60 bits per heavy atom. The molecule has 1 aromatic carbocycles. The quantitative estimate of drug-likeness (QED) is 0.205. The van der Waals surface area contributed by atoms with Crippen molar-refractivity contribution in [3.05, 3.63) is 23.8 Å². The molecule has 1 amide bonds. The standard InChI is InChI=1S/C32H55NO7/c1-20(2)25(23(6)34)17-22(5)27(33-31(36)40-32(7,8)9)19-26(21(3)4)30(35)24-13-14-28(38-11)29(18-24)39-16-12-15-37-10/h13-14,18,20-22,25-27,30,35H,12,15-17,19H2,1-11H3,(H,33,36)/t22-,25-,26-,27-,30?/m0/s1. The van der Waals surface area contributed by atoms with Gasteiger partial charge in [-0.05, 0) is 81.9 Å². The highest BCUT2D eigenvalue weighted by Crippen LogP contribution is 2.38. The molecule has 0 bridgehead atoms. The molecule has 0 radical (unpaired) electrons. The molecule has 0 heterocycles. The van der Waals surface area contributed by atoms with Crippen LogP contribution in [-0.4, -0.2) is 56.1 Å². The predicted molar refractivity (Wildman–Crippen MR) is 159 cm³/mol. The van der Waals surface area contributed by atoms with Gasteiger partial charge in [0.05, 0.1) is 19.8 Å². The molecule has 230 valence electrons. The molecule has 40 heavy (non-hydrogen) atoms. The van der Waals surface area contributed by atoms with E-state index >= 15 is 0 Å². The maximum absolute atomic E-state index is 12.9. The van der Waals surface area contributed by atoms with Crippen molar-refractivity contribution < 1.29 is 33.6 Å². The van der Waals surface area contributed by atoms with E-state index in [-0.39, 0.29) is 41.4 Å². The Kier molecular flexibility index (Phi) is 15.0. The smallest absolute Gasteiger partial charge is 0.407 e. The third-order valence-corrected chi connectivity index (χ3v) is 7.41. The van der Waals surface area contributed by atoms with Crippen LogP contribution in [0.5, 0.6) is 11.5 Å². The van der Waals surface area contributed by atoms with Gasteiger partial charge in [-0.1, -0.05) is 40.7 Å². The normalized spacial score (nSPS) is 15.8. The molecule has 1 aromatic rings. The van der Waals surface area contributed by atoms with E-state index in [1.807, 2.05) is 46.8 Å². The first-order chi connectivity index (χ1) is 18.6. The Morgan fingerprint density at radius 3 is 2.10 bits per heavy atom. The van der Waals surface area contributed by atoms with Crippen LogP contribution in [0.25, 0.3) is 0 Å². The molecule has 0 saturated heterocycles. The van der Waals surface area contributed by atoms with Crippen LogP contribution in [0.15, 0.2) is 18.2 Å². The summed E-state index contributed by atoms with van der Waals surface area (Å²) in [6, 6.07) is 5.18. The maximum Gasteiger partial charge on any atom is 0.407 e. The van der Waals surface area contributed by atoms with Gasteiger partial charge in [-0.25, -0.2) is 4.79 Å². The van der Waals surface area contributed by atoms with Crippen LogP contribution < -0.4 is 14.8 Å². The molecule has 0 aliphatic heterocycles. The first-order valence-corrected chi connectivity index (χ1v) is 14.6. The van der Waals surface area contributed by atoms with Crippen LogP contribution in [0.1, 0.15) is 93.2 Å². The van der Waals surface area contributed by atoms with Crippen LogP contribution in [0.4, 0.5) is 4.79 Å². The van der Waals surface area contributed by atoms with Crippen molar-refractivity contribution in [1.29, 1.82) is 0 Å². The zero-order chi connectivity index (χ0) is 30.6. The lowest BCUT2D eigenvalue weighted by Crippen LogP contribution is -2.45. The minimum Gasteiger partial charge on any atom is -0.493 e. The number of Topliss-reactive ketones (excluding diaryl/α,β-unsaturated/α-hetero) is 1. The first-order valence-electron chi connectivity index (χ1n) is 14.6. The molecule has 1 rings (SSSR count). The van der Waals surface area contributed by atoms with E-state index in [0.717, 1.165) is 6.42 Å². The molecule has 0 aromatic heterocycles. The first kappa shape index (κ1) is 35.7. The lowest BCUT2D eigenvalue weighted by Gasteiger charge is -2.35. The van der Waals surface area contributed by atoms with Crippen molar-refractivity contribution in [2.24, 2.45) is 29.6 Å². The van der Waals surface area contributed by atoms with Gasteiger partial charge in [-0.15, -0.1) is 0 Å². The zero-order valence-electron chi connectivity index (χ0n) is 26.7. The van der Waals surface area contributed by atoms with Gasteiger partial charge >= 0.3 is 6.09 Å². The second kappa shape index (κ2) is 16.8. The number of nitrogens with one attached hydrogen (secondary N) is 1. The van der Waals surface area contributed by atoms with E-state index in [0.29, 0.717) is 43.1 Å². The highest BCUT2D eigenvalue weighted by molar-refractivity contribution is 5.78. The highest BCUT2D eigenvalue weighted by atomic mass is 16.6. The van der Waals surface area contributed by atoms with Crippen LogP contribution in [0.3, 0.4) is 0 Å². The maximum atomic E-state index is 12.9. The number of carbonyl (C=O) groups excluding carboxylic acids is 2. The highest BCUT2D eigenvalue weighted by Gasteiger charge is 2.34. The SMILES string of the molecule is COCCCOc1cc(C(O)[C@@H](C[C@H](NC(=O)OC(C)(C)C)[C@@H](C)C[C@H](C(C)=O)C(C)C)C(C)C)ccc1OC. The number of ketones is 1. The van der Waals surface area contributed by atoms with Crippen molar-refractivity contribution in [3.8, 4) is 11.5 Å². The molecule has 0 saturated carbocycles. The van der Waals surface area contributed by atoms with E-state index in [1.54, 1.807) is 27.2 Å². The fourth-order valence-electron chi connectivity index (χ4n) is 5.05. The molecule has 0 spiro atoms.